The van der Waals surface area contributed by atoms with Gasteiger partial charge in [0, 0.05) is 5.02 Å². The number of halogens is 5. The maximum atomic E-state index is 13.5. The van der Waals surface area contributed by atoms with Crippen LogP contribution < -0.4 is 10.1 Å². The van der Waals surface area contributed by atoms with Crippen molar-refractivity contribution in [2.75, 3.05) is 5.32 Å². The Labute approximate surface area is 140 Å². The van der Waals surface area contributed by atoms with Crippen molar-refractivity contribution in [3.63, 3.8) is 0 Å². The second kappa shape index (κ2) is 7.10. The molecule has 3 nitrogen and oxygen atoms in total. The van der Waals surface area contributed by atoms with Gasteiger partial charge in [0.15, 0.2) is 23.6 Å². The maximum absolute atomic E-state index is 13.5. The van der Waals surface area contributed by atoms with Crippen molar-refractivity contribution >= 4 is 34.8 Å². The fourth-order valence-electron chi connectivity index (χ4n) is 1.67. The summed E-state index contributed by atoms with van der Waals surface area (Å²) in [5.41, 5.74) is -0.494. The van der Waals surface area contributed by atoms with Crippen molar-refractivity contribution < 1.29 is 22.7 Å². The second-order valence-electron chi connectivity index (χ2n) is 4.55. The smallest absolute Gasteiger partial charge is 0.265 e. The molecule has 0 fully saturated rings. The standard InChI is InChI=1S/C15H10Cl2F3NO2/c1-7(23-12-5-2-8(16)6-9(12)17)15(22)21-11-4-3-10(18)13(19)14(11)20/h2-7H,1H3,(H,21,22)/t7-/m0/s1. The first-order chi connectivity index (χ1) is 10.8. The quantitative estimate of drug-likeness (QED) is 0.791. The first-order valence-corrected chi connectivity index (χ1v) is 7.11. The highest BCUT2D eigenvalue weighted by Crippen LogP contribution is 2.28. The van der Waals surface area contributed by atoms with Crippen LogP contribution in [0.3, 0.4) is 0 Å². The molecular formula is C15H10Cl2F3NO2. The molecule has 0 bridgehead atoms. The van der Waals surface area contributed by atoms with E-state index in [1.54, 1.807) is 0 Å². The molecule has 0 radical (unpaired) electrons. The molecular weight excluding hydrogens is 354 g/mol. The predicted octanol–water partition coefficient (Wildman–Crippen LogP) is 4.82. The van der Waals surface area contributed by atoms with Crippen LogP contribution in [0.1, 0.15) is 6.92 Å². The Morgan fingerprint density at radius 1 is 1.13 bits per heavy atom. The number of carbonyl (C=O) groups is 1. The fourth-order valence-corrected chi connectivity index (χ4v) is 2.12. The molecule has 0 aliphatic carbocycles. The van der Waals surface area contributed by atoms with Crippen molar-refractivity contribution in [2.45, 2.75) is 13.0 Å². The van der Waals surface area contributed by atoms with Crippen LogP contribution in [0.4, 0.5) is 18.9 Å². The molecule has 0 aliphatic rings. The van der Waals surface area contributed by atoms with Crippen LogP contribution in [0.25, 0.3) is 0 Å². The third-order valence-electron chi connectivity index (χ3n) is 2.86. The number of amides is 1. The summed E-state index contributed by atoms with van der Waals surface area (Å²) in [6, 6.07) is 6.02. The topological polar surface area (TPSA) is 38.3 Å². The Kier molecular flexibility index (Phi) is 5.38. The summed E-state index contributed by atoms with van der Waals surface area (Å²) >= 11 is 11.7. The van der Waals surface area contributed by atoms with Gasteiger partial charge in [-0.15, -0.1) is 0 Å². The van der Waals surface area contributed by atoms with E-state index >= 15 is 0 Å². The number of hydrogen-bond donors (Lipinski definition) is 1. The third kappa shape index (κ3) is 4.09. The van der Waals surface area contributed by atoms with E-state index in [4.69, 9.17) is 27.9 Å². The Balaban J connectivity index is 2.10. The van der Waals surface area contributed by atoms with Gasteiger partial charge in [-0.3, -0.25) is 4.79 Å². The van der Waals surface area contributed by atoms with Gasteiger partial charge < -0.3 is 10.1 Å². The number of hydrogen-bond acceptors (Lipinski definition) is 2. The fraction of sp³-hybridized carbons (Fsp3) is 0.133. The van der Waals surface area contributed by atoms with Crippen LogP contribution >= 0.6 is 23.2 Å². The lowest BCUT2D eigenvalue weighted by Gasteiger charge is -2.16. The lowest BCUT2D eigenvalue weighted by atomic mass is 10.2. The van der Waals surface area contributed by atoms with Gasteiger partial charge in [0.25, 0.3) is 5.91 Å². The van der Waals surface area contributed by atoms with Crippen molar-refractivity contribution in [1.29, 1.82) is 0 Å². The Bertz CT molecular complexity index is 756. The molecule has 0 heterocycles. The van der Waals surface area contributed by atoms with Gasteiger partial charge in [-0.25, -0.2) is 13.2 Å². The summed E-state index contributed by atoms with van der Waals surface area (Å²) in [5.74, 6) is -5.07. The molecule has 1 amide bonds. The maximum Gasteiger partial charge on any atom is 0.265 e. The van der Waals surface area contributed by atoms with E-state index in [2.05, 4.69) is 5.32 Å². The van der Waals surface area contributed by atoms with Gasteiger partial charge in [0.2, 0.25) is 0 Å². The van der Waals surface area contributed by atoms with Gasteiger partial charge in [-0.05, 0) is 37.3 Å². The molecule has 1 atom stereocenters. The molecule has 0 unspecified atom stereocenters. The van der Waals surface area contributed by atoms with Crippen LogP contribution in [0.15, 0.2) is 30.3 Å². The molecule has 0 spiro atoms. The van der Waals surface area contributed by atoms with Gasteiger partial charge in [0.1, 0.15) is 5.75 Å². The molecule has 2 aromatic carbocycles. The summed E-state index contributed by atoms with van der Waals surface area (Å²) in [4.78, 5) is 12.0. The first kappa shape index (κ1) is 17.4. The molecule has 0 saturated carbocycles. The Hall–Kier alpha value is -1.92. The molecule has 8 heteroatoms. The highest BCUT2D eigenvalue weighted by Gasteiger charge is 2.20. The van der Waals surface area contributed by atoms with E-state index in [1.165, 1.54) is 25.1 Å². The second-order valence-corrected chi connectivity index (χ2v) is 5.39. The molecule has 2 aromatic rings. The van der Waals surface area contributed by atoms with Crippen LogP contribution in [-0.2, 0) is 4.79 Å². The van der Waals surface area contributed by atoms with E-state index < -0.39 is 35.2 Å². The van der Waals surface area contributed by atoms with Crippen molar-refractivity contribution in [3.05, 3.63) is 57.8 Å². The molecule has 0 saturated heterocycles. The van der Waals surface area contributed by atoms with E-state index in [9.17, 15) is 18.0 Å². The minimum atomic E-state index is -1.67. The number of rotatable bonds is 4. The monoisotopic (exact) mass is 363 g/mol. The number of anilines is 1. The minimum absolute atomic E-state index is 0.191. The summed E-state index contributed by atoms with van der Waals surface area (Å²) in [5, 5.41) is 2.70. The molecule has 0 aliphatic heterocycles. The number of nitrogens with one attached hydrogen (secondary N) is 1. The first-order valence-electron chi connectivity index (χ1n) is 6.35. The number of ether oxygens (including phenoxy) is 1. The van der Waals surface area contributed by atoms with E-state index in [0.29, 0.717) is 11.1 Å². The Morgan fingerprint density at radius 2 is 1.83 bits per heavy atom. The van der Waals surface area contributed by atoms with E-state index in [0.717, 1.165) is 6.07 Å². The summed E-state index contributed by atoms with van der Waals surface area (Å²) in [6.45, 7) is 1.39. The highest BCUT2D eigenvalue weighted by molar-refractivity contribution is 6.35. The zero-order valence-electron chi connectivity index (χ0n) is 11.7. The number of benzene rings is 2. The molecule has 1 N–H and O–H groups in total. The summed E-state index contributed by atoms with van der Waals surface area (Å²) in [7, 11) is 0. The molecule has 0 aromatic heterocycles. The van der Waals surface area contributed by atoms with E-state index in [-0.39, 0.29) is 10.8 Å². The van der Waals surface area contributed by atoms with Gasteiger partial charge in [-0.1, -0.05) is 23.2 Å². The van der Waals surface area contributed by atoms with Crippen LogP contribution in [0.2, 0.25) is 10.0 Å². The van der Waals surface area contributed by atoms with Gasteiger partial charge in [-0.2, -0.15) is 0 Å². The Morgan fingerprint density at radius 3 is 2.48 bits per heavy atom. The normalized spacial score (nSPS) is 11.9. The largest absolute Gasteiger partial charge is 0.479 e. The number of carbonyl (C=O) groups excluding carboxylic acids is 1. The SMILES string of the molecule is C[C@H](Oc1ccc(Cl)cc1Cl)C(=O)Nc1ccc(F)c(F)c1F. The van der Waals surface area contributed by atoms with Crippen LogP contribution in [-0.4, -0.2) is 12.0 Å². The van der Waals surface area contributed by atoms with Crippen LogP contribution in [0.5, 0.6) is 5.75 Å². The lowest BCUT2D eigenvalue weighted by Crippen LogP contribution is -2.30. The van der Waals surface area contributed by atoms with Crippen molar-refractivity contribution in [1.82, 2.24) is 0 Å². The van der Waals surface area contributed by atoms with Crippen molar-refractivity contribution in [2.24, 2.45) is 0 Å². The summed E-state index contributed by atoms with van der Waals surface area (Å²) < 4.78 is 44.8. The molecule has 2 rings (SSSR count). The van der Waals surface area contributed by atoms with Gasteiger partial charge in [0.05, 0.1) is 10.7 Å². The zero-order chi connectivity index (χ0) is 17.1. The average molecular weight is 364 g/mol. The average Bonchev–Trinajstić information content (AvgIpc) is 2.50. The summed E-state index contributed by atoms with van der Waals surface area (Å²) in [6.07, 6.45) is -1.07. The van der Waals surface area contributed by atoms with Crippen LogP contribution in [0, 0.1) is 17.5 Å². The van der Waals surface area contributed by atoms with Gasteiger partial charge >= 0.3 is 0 Å². The molecule has 23 heavy (non-hydrogen) atoms. The lowest BCUT2D eigenvalue weighted by molar-refractivity contribution is -0.122. The predicted molar refractivity (Wildman–Crippen MR) is 81.5 cm³/mol. The van der Waals surface area contributed by atoms with Crippen molar-refractivity contribution in [3.8, 4) is 5.75 Å². The highest BCUT2D eigenvalue weighted by atomic mass is 35.5. The molecule has 122 valence electrons. The van der Waals surface area contributed by atoms with E-state index in [1.807, 2.05) is 0 Å². The zero-order valence-corrected chi connectivity index (χ0v) is 13.2. The minimum Gasteiger partial charge on any atom is -0.479 e. The third-order valence-corrected chi connectivity index (χ3v) is 3.39.